The largest absolute Gasteiger partial charge is 0.435 e. The molecule has 0 atom stereocenters. The van der Waals surface area contributed by atoms with E-state index in [0.717, 1.165) is 0 Å². The minimum Gasteiger partial charge on any atom is -0.435 e. The first-order valence-electron chi connectivity index (χ1n) is 3.77. The van der Waals surface area contributed by atoms with Gasteiger partial charge in [0.25, 0.3) is 0 Å². The maximum Gasteiger partial charge on any atom is 0.387 e. The molecule has 0 aliphatic carbocycles. The zero-order chi connectivity index (χ0) is 10.6. The molecule has 0 N–H and O–H groups in total. The molecule has 2 nitrogen and oxygen atoms in total. The fraction of sp³-hybridized carbons (Fsp3) is 0.222. The van der Waals surface area contributed by atoms with Crippen molar-refractivity contribution in [2.75, 3.05) is 5.88 Å². The second kappa shape index (κ2) is 4.91. The van der Waals surface area contributed by atoms with Crippen LogP contribution in [0.5, 0.6) is 5.75 Å². The lowest BCUT2D eigenvalue weighted by molar-refractivity contribution is -0.0498. The molecule has 0 spiro atoms. The third-order valence-corrected chi connectivity index (χ3v) is 1.77. The maximum absolute atomic E-state index is 11.7. The van der Waals surface area contributed by atoms with Crippen molar-refractivity contribution in [3.05, 3.63) is 29.8 Å². The van der Waals surface area contributed by atoms with E-state index in [2.05, 4.69) is 4.74 Å². The van der Waals surface area contributed by atoms with Crippen LogP contribution in [-0.4, -0.2) is 18.3 Å². The molecule has 76 valence electrons. The van der Waals surface area contributed by atoms with Crippen LogP contribution in [0.3, 0.4) is 0 Å². The van der Waals surface area contributed by atoms with Crippen molar-refractivity contribution < 1.29 is 18.3 Å². The highest BCUT2D eigenvalue weighted by atomic mass is 35.5. The number of ether oxygens (including phenoxy) is 1. The third kappa shape index (κ3) is 2.96. The summed E-state index contributed by atoms with van der Waals surface area (Å²) in [7, 11) is 0. The molecule has 0 fully saturated rings. The zero-order valence-electron chi connectivity index (χ0n) is 7.04. The van der Waals surface area contributed by atoms with Crippen LogP contribution in [0.15, 0.2) is 24.3 Å². The Hall–Kier alpha value is -1.16. The van der Waals surface area contributed by atoms with E-state index in [9.17, 15) is 13.6 Å². The molecule has 0 radical (unpaired) electrons. The van der Waals surface area contributed by atoms with E-state index in [1.807, 2.05) is 0 Å². The van der Waals surface area contributed by atoms with Crippen molar-refractivity contribution in [1.29, 1.82) is 0 Å². The van der Waals surface area contributed by atoms with E-state index in [4.69, 9.17) is 11.6 Å². The molecule has 1 rings (SSSR count). The van der Waals surface area contributed by atoms with Crippen molar-refractivity contribution in [2.24, 2.45) is 0 Å². The highest BCUT2D eigenvalue weighted by Gasteiger charge is 2.06. The monoisotopic (exact) mass is 220 g/mol. The Balaban J connectivity index is 2.73. The van der Waals surface area contributed by atoms with Crippen LogP contribution in [0.25, 0.3) is 0 Å². The minimum atomic E-state index is -2.86. The van der Waals surface area contributed by atoms with Gasteiger partial charge in [-0.1, -0.05) is 0 Å². The van der Waals surface area contributed by atoms with E-state index in [1.54, 1.807) is 0 Å². The summed E-state index contributed by atoms with van der Waals surface area (Å²) in [5.74, 6) is -0.365. The van der Waals surface area contributed by atoms with Gasteiger partial charge in [0.15, 0.2) is 5.78 Å². The number of ketones is 1. The fourth-order valence-electron chi connectivity index (χ4n) is 0.899. The first-order valence-corrected chi connectivity index (χ1v) is 4.31. The van der Waals surface area contributed by atoms with Gasteiger partial charge in [0.05, 0.1) is 5.88 Å². The molecule has 0 aromatic heterocycles. The molecule has 5 heteroatoms. The predicted molar refractivity (Wildman–Crippen MR) is 48.1 cm³/mol. The highest BCUT2D eigenvalue weighted by Crippen LogP contribution is 2.15. The molecule has 0 saturated heterocycles. The number of carbonyl (C=O) groups is 1. The third-order valence-electron chi connectivity index (χ3n) is 1.52. The lowest BCUT2D eigenvalue weighted by atomic mass is 10.1. The standard InChI is InChI=1S/C9H7ClF2O2/c10-5-8(13)6-1-3-7(4-2-6)14-9(11)12/h1-4,9H,5H2. The van der Waals surface area contributed by atoms with Crippen LogP contribution in [-0.2, 0) is 0 Å². The highest BCUT2D eigenvalue weighted by molar-refractivity contribution is 6.30. The van der Waals surface area contributed by atoms with Gasteiger partial charge >= 0.3 is 6.61 Å². The number of benzene rings is 1. The van der Waals surface area contributed by atoms with Gasteiger partial charge in [-0.25, -0.2) is 0 Å². The summed E-state index contributed by atoms with van der Waals surface area (Å²) in [6, 6.07) is 5.38. The molecular weight excluding hydrogens is 214 g/mol. The van der Waals surface area contributed by atoms with Gasteiger partial charge in [-0.05, 0) is 24.3 Å². The minimum absolute atomic E-state index is 0.0196. The van der Waals surface area contributed by atoms with E-state index in [-0.39, 0.29) is 17.4 Å². The molecule has 14 heavy (non-hydrogen) atoms. The summed E-state index contributed by atoms with van der Waals surface area (Å²) in [5.41, 5.74) is 0.376. The Morgan fingerprint density at radius 3 is 2.36 bits per heavy atom. The Morgan fingerprint density at radius 1 is 1.36 bits per heavy atom. The molecule has 0 amide bonds. The lowest BCUT2D eigenvalue weighted by Gasteiger charge is -2.04. The average Bonchev–Trinajstić information content (AvgIpc) is 2.17. The lowest BCUT2D eigenvalue weighted by Crippen LogP contribution is -2.03. The van der Waals surface area contributed by atoms with E-state index in [1.165, 1.54) is 24.3 Å². The second-order valence-electron chi connectivity index (χ2n) is 2.46. The molecule has 0 saturated carbocycles. The molecule has 0 bridgehead atoms. The van der Waals surface area contributed by atoms with E-state index in [0.29, 0.717) is 5.56 Å². The van der Waals surface area contributed by atoms with Crippen LogP contribution in [0, 0.1) is 0 Å². The van der Waals surface area contributed by atoms with Gasteiger partial charge in [-0.2, -0.15) is 8.78 Å². The van der Waals surface area contributed by atoms with Crippen molar-refractivity contribution in [2.45, 2.75) is 6.61 Å². The topological polar surface area (TPSA) is 26.3 Å². The van der Waals surface area contributed by atoms with Crippen LogP contribution >= 0.6 is 11.6 Å². The zero-order valence-corrected chi connectivity index (χ0v) is 7.80. The first kappa shape index (κ1) is 10.9. The molecule has 0 unspecified atom stereocenters. The fourth-order valence-corrected chi connectivity index (χ4v) is 1.05. The molecule has 0 aliphatic rings. The number of halogens is 3. The number of hydrogen-bond donors (Lipinski definition) is 0. The smallest absolute Gasteiger partial charge is 0.387 e. The normalized spacial score (nSPS) is 10.3. The Bertz CT molecular complexity index is 311. The Morgan fingerprint density at radius 2 is 1.93 bits per heavy atom. The first-order chi connectivity index (χ1) is 6.63. The summed E-state index contributed by atoms with van der Waals surface area (Å²) in [4.78, 5) is 11.0. The van der Waals surface area contributed by atoms with Gasteiger partial charge < -0.3 is 4.74 Å². The molecule has 1 aromatic rings. The number of rotatable bonds is 4. The molecular formula is C9H7ClF2O2. The van der Waals surface area contributed by atoms with Crippen LogP contribution < -0.4 is 4.74 Å². The summed E-state index contributed by atoms with van der Waals surface area (Å²) >= 11 is 5.31. The summed E-state index contributed by atoms with van der Waals surface area (Å²) in [6.07, 6.45) is 0. The summed E-state index contributed by atoms with van der Waals surface area (Å²) < 4.78 is 27.6. The quantitative estimate of drug-likeness (QED) is 0.576. The number of hydrogen-bond acceptors (Lipinski definition) is 2. The van der Waals surface area contributed by atoms with E-state index < -0.39 is 6.61 Å². The van der Waals surface area contributed by atoms with Crippen LogP contribution in [0.4, 0.5) is 8.78 Å². The van der Waals surface area contributed by atoms with Gasteiger partial charge in [-0.15, -0.1) is 11.6 Å². The average molecular weight is 221 g/mol. The Kier molecular flexibility index (Phi) is 3.83. The number of carbonyl (C=O) groups excluding carboxylic acids is 1. The maximum atomic E-state index is 11.7. The van der Waals surface area contributed by atoms with Crippen LogP contribution in [0.1, 0.15) is 10.4 Å². The van der Waals surface area contributed by atoms with Gasteiger partial charge in [0, 0.05) is 5.56 Å². The van der Waals surface area contributed by atoms with E-state index >= 15 is 0 Å². The van der Waals surface area contributed by atoms with Crippen LogP contribution in [0.2, 0.25) is 0 Å². The molecule has 0 heterocycles. The van der Waals surface area contributed by atoms with Crippen molar-refractivity contribution >= 4 is 17.4 Å². The number of alkyl halides is 3. The van der Waals surface area contributed by atoms with Gasteiger partial charge in [0.1, 0.15) is 5.75 Å². The Labute approximate surface area is 84.4 Å². The van der Waals surface area contributed by atoms with Gasteiger partial charge in [0.2, 0.25) is 0 Å². The van der Waals surface area contributed by atoms with Crippen molar-refractivity contribution in [3.63, 3.8) is 0 Å². The SMILES string of the molecule is O=C(CCl)c1ccc(OC(F)F)cc1. The van der Waals surface area contributed by atoms with Crippen molar-refractivity contribution in [3.8, 4) is 5.75 Å². The predicted octanol–water partition coefficient (Wildman–Crippen LogP) is 2.71. The summed E-state index contributed by atoms with van der Waals surface area (Å²) in [6.45, 7) is -2.86. The van der Waals surface area contributed by atoms with Gasteiger partial charge in [-0.3, -0.25) is 4.79 Å². The molecule has 1 aromatic carbocycles. The summed E-state index contributed by atoms with van der Waals surface area (Å²) in [5, 5.41) is 0. The van der Waals surface area contributed by atoms with Crippen molar-refractivity contribution in [1.82, 2.24) is 0 Å². The number of Topliss-reactive ketones (excluding diaryl/α,β-unsaturated/α-hetero) is 1. The second-order valence-corrected chi connectivity index (χ2v) is 2.73. The molecule has 0 aliphatic heterocycles.